The molecule has 2 aromatic heterocycles. The fourth-order valence-electron chi connectivity index (χ4n) is 2.21. The van der Waals surface area contributed by atoms with E-state index in [4.69, 9.17) is 16.3 Å². The Labute approximate surface area is 116 Å². The minimum Gasteiger partial charge on any atom is -0.377 e. The van der Waals surface area contributed by atoms with Gasteiger partial charge >= 0.3 is 0 Å². The van der Waals surface area contributed by atoms with Crippen LogP contribution < -0.4 is 0 Å². The van der Waals surface area contributed by atoms with Crippen LogP contribution in [-0.2, 0) is 4.74 Å². The van der Waals surface area contributed by atoms with Crippen molar-refractivity contribution in [1.82, 2.24) is 14.6 Å². The van der Waals surface area contributed by atoms with Crippen LogP contribution in [-0.4, -0.2) is 27.8 Å². The highest BCUT2D eigenvalue weighted by Crippen LogP contribution is 2.23. The fraction of sp³-hybridized carbons (Fsp3) is 0.286. The molecule has 5 heteroatoms. The third kappa shape index (κ3) is 2.41. The zero-order valence-corrected chi connectivity index (χ0v) is 11.3. The molecule has 2 aromatic rings. The molecule has 0 amide bonds. The maximum Gasteiger partial charge on any atom is 0.154 e. The normalized spacial score (nSPS) is 19.5. The lowest BCUT2D eigenvalue weighted by molar-refractivity contribution is 0.135. The lowest BCUT2D eigenvalue weighted by Crippen LogP contribution is -2.06. The van der Waals surface area contributed by atoms with Gasteiger partial charge in [0.1, 0.15) is 5.15 Å². The van der Waals surface area contributed by atoms with Gasteiger partial charge in [-0.1, -0.05) is 23.8 Å². The van der Waals surface area contributed by atoms with Crippen LogP contribution >= 0.6 is 11.6 Å². The summed E-state index contributed by atoms with van der Waals surface area (Å²) in [4.78, 5) is 4.34. The van der Waals surface area contributed by atoms with Crippen LogP contribution in [0.2, 0.25) is 5.15 Å². The Morgan fingerprint density at radius 3 is 3.16 bits per heavy atom. The van der Waals surface area contributed by atoms with Crippen molar-refractivity contribution in [3.63, 3.8) is 0 Å². The molecular formula is C14H14ClN3O. The van der Waals surface area contributed by atoms with E-state index in [1.165, 1.54) is 0 Å². The molecule has 0 aromatic carbocycles. The fourth-order valence-corrected chi connectivity index (χ4v) is 2.35. The average molecular weight is 276 g/mol. The quantitative estimate of drug-likeness (QED) is 0.845. The Kier molecular flexibility index (Phi) is 3.36. The second-order valence-electron chi connectivity index (χ2n) is 4.45. The number of allylic oxidation sites excluding steroid dienone is 3. The first-order valence-corrected chi connectivity index (χ1v) is 6.57. The topological polar surface area (TPSA) is 39.4 Å². The lowest BCUT2D eigenvalue weighted by Gasteiger charge is -2.09. The highest BCUT2D eigenvalue weighted by molar-refractivity contribution is 6.29. The Morgan fingerprint density at radius 1 is 1.42 bits per heavy atom. The number of ether oxygens (including phenoxy) is 1. The summed E-state index contributed by atoms with van der Waals surface area (Å²) in [6, 6.07) is 3.59. The van der Waals surface area contributed by atoms with Crippen molar-refractivity contribution in [1.29, 1.82) is 0 Å². The summed E-state index contributed by atoms with van der Waals surface area (Å²) in [6.07, 6.45) is 10.3. The van der Waals surface area contributed by atoms with Crippen molar-refractivity contribution in [3.8, 4) is 0 Å². The van der Waals surface area contributed by atoms with Gasteiger partial charge in [-0.2, -0.15) is 5.10 Å². The van der Waals surface area contributed by atoms with E-state index >= 15 is 0 Å². The SMILES string of the molecule is COC1C=C(c2cnc3ccc(Cl)nn23)C=CCC1. The molecule has 98 valence electrons. The van der Waals surface area contributed by atoms with E-state index in [0.29, 0.717) is 5.15 Å². The summed E-state index contributed by atoms with van der Waals surface area (Å²) >= 11 is 5.95. The van der Waals surface area contributed by atoms with Crippen molar-refractivity contribution in [2.45, 2.75) is 18.9 Å². The lowest BCUT2D eigenvalue weighted by atomic mass is 10.1. The van der Waals surface area contributed by atoms with E-state index in [1.54, 1.807) is 17.7 Å². The number of fused-ring (bicyclic) bond motifs is 1. The van der Waals surface area contributed by atoms with Gasteiger partial charge in [-0.05, 0) is 31.1 Å². The summed E-state index contributed by atoms with van der Waals surface area (Å²) in [5, 5.41) is 4.75. The number of hydrogen-bond donors (Lipinski definition) is 0. The minimum absolute atomic E-state index is 0.120. The molecule has 3 rings (SSSR count). The number of imidazole rings is 1. The predicted molar refractivity (Wildman–Crippen MR) is 75.1 cm³/mol. The molecule has 1 unspecified atom stereocenters. The summed E-state index contributed by atoms with van der Waals surface area (Å²) in [7, 11) is 1.73. The van der Waals surface area contributed by atoms with Crippen LogP contribution in [0.15, 0.2) is 36.6 Å². The van der Waals surface area contributed by atoms with Gasteiger partial charge in [-0.3, -0.25) is 0 Å². The largest absolute Gasteiger partial charge is 0.377 e. The number of nitrogens with zero attached hydrogens (tertiary/aromatic N) is 3. The van der Waals surface area contributed by atoms with E-state index in [2.05, 4.69) is 28.3 Å². The Hall–Kier alpha value is -1.65. The maximum atomic E-state index is 5.95. The molecule has 1 aliphatic rings. The van der Waals surface area contributed by atoms with Crippen molar-refractivity contribution in [2.24, 2.45) is 0 Å². The highest BCUT2D eigenvalue weighted by Gasteiger charge is 2.13. The molecule has 19 heavy (non-hydrogen) atoms. The minimum atomic E-state index is 0.120. The van der Waals surface area contributed by atoms with Crippen LogP contribution in [0.5, 0.6) is 0 Å². The number of hydrogen-bond acceptors (Lipinski definition) is 3. The molecule has 1 aliphatic carbocycles. The summed E-state index contributed by atoms with van der Waals surface area (Å²) < 4.78 is 7.20. The monoisotopic (exact) mass is 275 g/mol. The summed E-state index contributed by atoms with van der Waals surface area (Å²) in [6.45, 7) is 0. The third-order valence-corrected chi connectivity index (χ3v) is 3.41. The molecule has 0 N–H and O–H groups in total. The molecule has 0 saturated heterocycles. The average Bonchev–Trinajstić information content (AvgIpc) is 2.68. The van der Waals surface area contributed by atoms with Crippen molar-refractivity contribution >= 4 is 22.8 Å². The molecule has 0 saturated carbocycles. The van der Waals surface area contributed by atoms with E-state index < -0.39 is 0 Å². The Morgan fingerprint density at radius 2 is 2.32 bits per heavy atom. The van der Waals surface area contributed by atoms with Crippen molar-refractivity contribution in [3.05, 3.63) is 47.4 Å². The zero-order chi connectivity index (χ0) is 13.2. The van der Waals surface area contributed by atoms with E-state index in [9.17, 15) is 0 Å². The first-order valence-electron chi connectivity index (χ1n) is 6.20. The smallest absolute Gasteiger partial charge is 0.154 e. The number of halogens is 1. The molecule has 0 radical (unpaired) electrons. The van der Waals surface area contributed by atoms with Gasteiger partial charge in [0.05, 0.1) is 18.0 Å². The molecule has 2 heterocycles. The van der Waals surface area contributed by atoms with Gasteiger partial charge in [0.2, 0.25) is 0 Å². The number of rotatable bonds is 2. The van der Waals surface area contributed by atoms with Crippen molar-refractivity contribution < 1.29 is 4.74 Å². The van der Waals surface area contributed by atoms with Gasteiger partial charge in [0, 0.05) is 12.7 Å². The standard InChI is InChI=1S/C14H14ClN3O/c1-19-11-5-3-2-4-10(8-11)12-9-16-14-7-6-13(15)17-18(12)14/h2,4,6-9,11H,3,5H2,1H3. The summed E-state index contributed by atoms with van der Waals surface area (Å²) in [5.41, 5.74) is 2.77. The van der Waals surface area contributed by atoms with Crippen LogP contribution in [0.3, 0.4) is 0 Å². The van der Waals surface area contributed by atoms with Crippen LogP contribution in [0.1, 0.15) is 18.5 Å². The van der Waals surface area contributed by atoms with E-state index in [1.807, 2.05) is 12.3 Å². The molecular weight excluding hydrogens is 262 g/mol. The van der Waals surface area contributed by atoms with Crippen LogP contribution in [0.4, 0.5) is 0 Å². The first kappa shape index (κ1) is 12.4. The number of aromatic nitrogens is 3. The molecule has 1 atom stereocenters. The molecule has 0 spiro atoms. The molecule has 0 aliphatic heterocycles. The Balaban J connectivity index is 2.12. The van der Waals surface area contributed by atoms with Gasteiger partial charge in [0.25, 0.3) is 0 Å². The highest BCUT2D eigenvalue weighted by atomic mass is 35.5. The van der Waals surface area contributed by atoms with Gasteiger partial charge in [0.15, 0.2) is 5.65 Å². The maximum absolute atomic E-state index is 5.95. The first-order chi connectivity index (χ1) is 9.28. The molecule has 0 fully saturated rings. The second kappa shape index (κ2) is 5.15. The second-order valence-corrected chi connectivity index (χ2v) is 4.83. The zero-order valence-electron chi connectivity index (χ0n) is 10.6. The van der Waals surface area contributed by atoms with Crippen LogP contribution in [0.25, 0.3) is 11.2 Å². The van der Waals surface area contributed by atoms with Gasteiger partial charge < -0.3 is 4.74 Å². The predicted octanol–water partition coefficient (Wildman–Crippen LogP) is 3.13. The number of methoxy groups -OCH3 is 1. The Bertz CT molecular complexity index is 660. The van der Waals surface area contributed by atoms with E-state index in [-0.39, 0.29) is 6.10 Å². The molecule has 4 nitrogen and oxygen atoms in total. The third-order valence-electron chi connectivity index (χ3n) is 3.21. The van der Waals surface area contributed by atoms with Crippen molar-refractivity contribution in [2.75, 3.05) is 7.11 Å². The van der Waals surface area contributed by atoms with Gasteiger partial charge in [-0.15, -0.1) is 0 Å². The van der Waals surface area contributed by atoms with Gasteiger partial charge in [-0.25, -0.2) is 9.50 Å². The van der Waals surface area contributed by atoms with E-state index in [0.717, 1.165) is 29.8 Å². The summed E-state index contributed by atoms with van der Waals surface area (Å²) in [5.74, 6) is 0. The van der Waals surface area contributed by atoms with Crippen LogP contribution in [0, 0.1) is 0 Å². The molecule has 0 bridgehead atoms.